The van der Waals surface area contributed by atoms with Gasteiger partial charge in [-0.25, -0.2) is 4.98 Å². The van der Waals surface area contributed by atoms with Crippen LogP contribution in [0, 0.1) is 19.3 Å². The molecule has 3 aromatic heterocycles. The van der Waals surface area contributed by atoms with Crippen molar-refractivity contribution in [2.45, 2.75) is 34.6 Å². The minimum absolute atomic E-state index is 0.0107. The number of thiazole rings is 2. The molecular formula is C19H21N3O2S2. The van der Waals surface area contributed by atoms with Gasteiger partial charge in [-0.2, -0.15) is 0 Å². The van der Waals surface area contributed by atoms with Crippen LogP contribution in [-0.2, 0) is 4.79 Å². The number of rotatable bonds is 3. The van der Waals surface area contributed by atoms with Crippen molar-refractivity contribution < 1.29 is 4.79 Å². The Morgan fingerprint density at radius 3 is 2.65 bits per heavy atom. The third kappa shape index (κ3) is 3.64. The maximum atomic E-state index is 12.3. The standard InChI is InChI=1S/C19H21N3O2S2/c1-11-8-13(12(2)22(11)18-20-6-7-25-18)9-14-17(24)21-16(26-14)10-15(23)19(3,4)5/h6-10H,1-5H3,(H,21,24)/b14-9-,16-10-. The molecule has 0 aliphatic carbocycles. The molecule has 0 bridgehead atoms. The number of Topliss-reactive ketones (excluding diaryl/α,β-unsaturated/α-hetero) is 1. The van der Waals surface area contributed by atoms with Crippen molar-refractivity contribution in [2.75, 3.05) is 0 Å². The van der Waals surface area contributed by atoms with E-state index in [0.29, 0.717) is 9.20 Å². The second-order valence-corrected chi connectivity index (χ2v) is 9.12. The van der Waals surface area contributed by atoms with E-state index in [-0.39, 0.29) is 11.3 Å². The van der Waals surface area contributed by atoms with E-state index < -0.39 is 5.41 Å². The van der Waals surface area contributed by atoms with Crippen LogP contribution in [0.3, 0.4) is 0 Å². The number of nitrogens with zero attached hydrogens (tertiary/aromatic N) is 2. The van der Waals surface area contributed by atoms with Gasteiger partial charge >= 0.3 is 0 Å². The Bertz CT molecular complexity index is 1120. The fourth-order valence-electron chi connectivity index (χ4n) is 2.56. The van der Waals surface area contributed by atoms with Crippen LogP contribution in [-0.4, -0.2) is 20.3 Å². The molecule has 0 saturated carbocycles. The molecule has 3 aromatic rings. The Balaban J connectivity index is 2.08. The zero-order valence-corrected chi connectivity index (χ0v) is 17.0. The number of hydrogen-bond donors (Lipinski definition) is 1. The van der Waals surface area contributed by atoms with Crippen LogP contribution in [0.25, 0.3) is 17.3 Å². The highest BCUT2D eigenvalue weighted by Crippen LogP contribution is 2.22. The molecule has 0 aliphatic heterocycles. The van der Waals surface area contributed by atoms with Crippen molar-refractivity contribution in [1.29, 1.82) is 0 Å². The molecule has 5 nitrogen and oxygen atoms in total. The minimum Gasteiger partial charge on any atom is -0.313 e. The normalized spacial score (nSPS) is 13.6. The van der Waals surface area contributed by atoms with Crippen LogP contribution in [0.5, 0.6) is 0 Å². The number of aryl methyl sites for hydroxylation is 1. The van der Waals surface area contributed by atoms with Gasteiger partial charge in [0.05, 0.1) is 9.20 Å². The number of aromatic amines is 1. The lowest BCUT2D eigenvalue weighted by molar-refractivity contribution is -0.119. The molecule has 7 heteroatoms. The topological polar surface area (TPSA) is 67.8 Å². The molecule has 3 rings (SSSR count). The highest BCUT2D eigenvalue weighted by Gasteiger charge is 2.18. The predicted molar refractivity (Wildman–Crippen MR) is 108 cm³/mol. The first kappa shape index (κ1) is 18.5. The van der Waals surface area contributed by atoms with Gasteiger partial charge in [-0.1, -0.05) is 20.8 Å². The Hall–Kier alpha value is -2.25. The van der Waals surface area contributed by atoms with Crippen molar-refractivity contribution in [2.24, 2.45) is 5.41 Å². The monoisotopic (exact) mass is 387 g/mol. The van der Waals surface area contributed by atoms with Gasteiger partial charge in [-0.15, -0.1) is 22.7 Å². The van der Waals surface area contributed by atoms with Gasteiger partial charge in [0.1, 0.15) is 0 Å². The quantitative estimate of drug-likeness (QED) is 0.751. The first-order valence-corrected chi connectivity index (χ1v) is 9.92. The average Bonchev–Trinajstić information content (AvgIpc) is 3.21. The number of carbonyl (C=O) groups excluding carboxylic acids is 1. The summed E-state index contributed by atoms with van der Waals surface area (Å²) in [6, 6.07) is 2.04. The zero-order chi connectivity index (χ0) is 19.1. The number of hydrogen-bond acceptors (Lipinski definition) is 5. The first-order chi connectivity index (χ1) is 12.2. The Labute approximate surface area is 159 Å². The van der Waals surface area contributed by atoms with Crippen molar-refractivity contribution in [3.05, 3.63) is 54.1 Å². The molecule has 0 fully saturated rings. The van der Waals surface area contributed by atoms with Gasteiger partial charge in [0.15, 0.2) is 10.9 Å². The molecule has 0 amide bonds. The summed E-state index contributed by atoms with van der Waals surface area (Å²) in [5, 5.41) is 2.85. The highest BCUT2D eigenvalue weighted by atomic mass is 32.1. The Morgan fingerprint density at radius 1 is 1.31 bits per heavy atom. The summed E-state index contributed by atoms with van der Waals surface area (Å²) < 4.78 is 3.24. The summed E-state index contributed by atoms with van der Waals surface area (Å²) in [6.45, 7) is 9.61. The number of nitrogens with one attached hydrogen (secondary N) is 1. The molecule has 0 unspecified atom stereocenters. The Morgan fingerprint density at radius 2 is 2.04 bits per heavy atom. The predicted octanol–water partition coefficient (Wildman–Crippen LogP) is 2.52. The smallest absolute Gasteiger partial charge is 0.266 e. The Kier molecular flexibility index (Phi) is 4.86. The van der Waals surface area contributed by atoms with Gasteiger partial charge in [0.2, 0.25) is 0 Å². The fraction of sp³-hybridized carbons (Fsp3) is 0.316. The van der Waals surface area contributed by atoms with Crippen LogP contribution in [0.4, 0.5) is 0 Å². The lowest BCUT2D eigenvalue weighted by atomic mass is 9.91. The lowest BCUT2D eigenvalue weighted by Crippen LogP contribution is -2.22. The highest BCUT2D eigenvalue weighted by molar-refractivity contribution is 7.12. The lowest BCUT2D eigenvalue weighted by Gasteiger charge is -2.12. The summed E-state index contributed by atoms with van der Waals surface area (Å²) in [7, 11) is 0. The molecule has 1 N–H and O–H groups in total. The molecule has 0 aliphatic rings. The second-order valence-electron chi connectivity index (χ2n) is 7.16. The average molecular weight is 388 g/mol. The van der Waals surface area contributed by atoms with E-state index in [0.717, 1.165) is 22.1 Å². The van der Waals surface area contributed by atoms with E-state index in [1.54, 1.807) is 17.5 Å². The van der Waals surface area contributed by atoms with Crippen LogP contribution in [0.15, 0.2) is 22.4 Å². The molecule has 26 heavy (non-hydrogen) atoms. The molecular weight excluding hydrogens is 366 g/mol. The van der Waals surface area contributed by atoms with Crippen LogP contribution in [0.2, 0.25) is 0 Å². The van der Waals surface area contributed by atoms with Crippen LogP contribution < -0.4 is 14.8 Å². The summed E-state index contributed by atoms with van der Waals surface area (Å²) in [5.74, 6) is -0.0107. The third-order valence-electron chi connectivity index (χ3n) is 4.05. The van der Waals surface area contributed by atoms with Crippen molar-refractivity contribution in [3.63, 3.8) is 0 Å². The van der Waals surface area contributed by atoms with Gasteiger partial charge < -0.3 is 4.98 Å². The molecule has 0 aromatic carbocycles. The zero-order valence-electron chi connectivity index (χ0n) is 15.4. The fourth-order valence-corrected chi connectivity index (χ4v) is 4.18. The molecule has 0 radical (unpaired) electrons. The van der Waals surface area contributed by atoms with Crippen molar-refractivity contribution in [1.82, 2.24) is 14.5 Å². The SMILES string of the molecule is Cc1cc(/C=c2\s/c(=C\C(=O)C(C)(C)C)[nH]c2=O)c(C)n1-c1nccs1. The minimum atomic E-state index is -0.469. The van der Waals surface area contributed by atoms with E-state index in [1.807, 2.05) is 52.1 Å². The summed E-state index contributed by atoms with van der Waals surface area (Å²) >= 11 is 2.87. The van der Waals surface area contributed by atoms with E-state index in [9.17, 15) is 9.59 Å². The summed E-state index contributed by atoms with van der Waals surface area (Å²) in [6.07, 6.45) is 5.16. The summed E-state index contributed by atoms with van der Waals surface area (Å²) in [5.41, 5.74) is 2.41. The number of aromatic nitrogens is 3. The van der Waals surface area contributed by atoms with E-state index >= 15 is 0 Å². The second kappa shape index (κ2) is 6.81. The summed E-state index contributed by atoms with van der Waals surface area (Å²) in [4.78, 5) is 31.6. The van der Waals surface area contributed by atoms with E-state index in [1.165, 1.54) is 17.4 Å². The molecule has 0 atom stereocenters. The van der Waals surface area contributed by atoms with Crippen molar-refractivity contribution in [3.8, 4) is 5.13 Å². The number of H-pyrrole nitrogens is 1. The van der Waals surface area contributed by atoms with Gasteiger partial charge in [-0.05, 0) is 31.6 Å². The molecule has 0 spiro atoms. The van der Waals surface area contributed by atoms with Crippen LogP contribution in [0.1, 0.15) is 37.7 Å². The van der Waals surface area contributed by atoms with Crippen molar-refractivity contribution >= 4 is 40.6 Å². The maximum absolute atomic E-state index is 12.3. The van der Waals surface area contributed by atoms with E-state index in [2.05, 4.69) is 14.5 Å². The van der Waals surface area contributed by atoms with Gasteiger partial charge in [0, 0.05) is 34.5 Å². The first-order valence-electron chi connectivity index (χ1n) is 8.22. The number of carbonyl (C=O) groups is 1. The largest absolute Gasteiger partial charge is 0.313 e. The molecule has 0 saturated heterocycles. The maximum Gasteiger partial charge on any atom is 0.266 e. The third-order valence-corrected chi connectivity index (χ3v) is 5.77. The van der Waals surface area contributed by atoms with Crippen LogP contribution >= 0.6 is 22.7 Å². The van der Waals surface area contributed by atoms with Gasteiger partial charge in [-0.3, -0.25) is 14.2 Å². The van der Waals surface area contributed by atoms with E-state index in [4.69, 9.17) is 0 Å². The molecule has 136 valence electrons. The van der Waals surface area contributed by atoms with Gasteiger partial charge in [0.25, 0.3) is 5.56 Å². The molecule has 3 heterocycles. The number of ketones is 1.